The molecule has 274 valence electrons. The molecule has 0 radical (unpaired) electrons. The minimum Gasteiger partial charge on any atom is -0.254 e. The SMILES string of the molecule is c1ccc(C2(c3ccccc3)c3ccccc3-c3cc4c(cc32)c(-c2cccc(-c3ccc(-c5ccc6ccc7cccnc7c6n5)cc3)c2)nc2ccccc24)cc1. The van der Waals surface area contributed by atoms with Crippen molar-refractivity contribution < 1.29 is 0 Å². The fraction of sp³-hybridized carbons (Fsp3) is 0.0179. The van der Waals surface area contributed by atoms with E-state index in [2.05, 4.69) is 205 Å². The van der Waals surface area contributed by atoms with Gasteiger partial charge >= 0.3 is 0 Å². The Labute approximate surface area is 342 Å². The van der Waals surface area contributed by atoms with Gasteiger partial charge in [0.25, 0.3) is 0 Å². The maximum Gasteiger partial charge on any atom is 0.0972 e. The van der Waals surface area contributed by atoms with E-state index in [1.54, 1.807) is 0 Å². The Morgan fingerprint density at radius 1 is 0.356 bits per heavy atom. The molecule has 0 saturated heterocycles. The summed E-state index contributed by atoms with van der Waals surface area (Å²) in [5, 5.41) is 5.68. The van der Waals surface area contributed by atoms with E-state index in [1.165, 1.54) is 38.8 Å². The van der Waals surface area contributed by atoms with Crippen LogP contribution in [0.1, 0.15) is 22.3 Å². The topological polar surface area (TPSA) is 38.7 Å². The standard InChI is InChI=1S/C56H35N3/c1-3-16-42(17-4-1)56(43-18-5-2-6-19-43)49-22-9-7-20-44(49)47-34-46-45-21-8-10-23-52(45)59-53(48(46)35-50(47)56)41-14-11-13-40(33-41)36-24-26-37(27-25-36)51-31-30-39-29-28-38-15-12-32-57-54(38)55(39)58-51/h1-35H. The maximum atomic E-state index is 5.46. The van der Waals surface area contributed by atoms with Gasteiger partial charge in [-0.3, -0.25) is 4.98 Å². The summed E-state index contributed by atoms with van der Waals surface area (Å²) in [7, 11) is 0. The van der Waals surface area contributed by atoms with Gasteiger partial charge in [-0.05, 0) is 86.3 Å². The molecule has 3 heteroatoms. The van der Waals surface area contributed by atoms with Crippen molar-refractivity contribution in [1.82, 2.24) is 15.0 Å². The van der Waals surface area contributed by atoms with Crippen LogP contribution in [0.4, 0.5) is 0 Å². The zero-order valence-corrected chi connectivity index (χ0v) is 32.0. The summed E-state index contributed by atoms with van der Waals surface area (Å²) in [6, 6.07) is 74.6. The van der Waals surface area contributed by atoms with Gasteiger partial charge in [-0.15, -0.1) is 0 Å². The Kier molecular flexibility index (Phi) is 7.45. The predicted molar refractivity (Wildman–Crippen MR) is 243 cm³/mol. The van der Waals surface area contributed by atoms with E-state index < -0.39 is 5.41 Å². The van der Waals surface area contributed by atoms with Crippen LogP contribution in [0.15, 0.2) is 212 Å². The lowest BCUT2D eigenvalue weighted by atomic mass is 9.67. The molecule has 3 aromatic heterocycles. The number of hydrogen-bond donors (Lipinski definition) is 0. The van der Waals surface area contributed by atoms with Crippen molar-refractivity contribution in [3.63, 3.8) is 0 Å². The highest BCUT2D eigenvalue weighted by molar-refractivity contribution is 6.13. The van der Waals surface area contributed by atoms with Crippen LogP contribution in [0, 0.1) is 0 Å². The molecule has 0 atom stereocenters. The number of hydrogen-bond acceptors (Lipinski definition) is 3. The molecule has 0 spiro atoms. The Balaban J connectivity index is 1.03. The summed E-state index contributed by atoms with van der Waals surface area (Å²) in [6.07, 6.45) is 1.84. The molecule has 3 nitrogen and oxygen atoms in total. The van der Waals surface area contributed by atoms with Crippen LogP contribution in [0.25, 0.3) is 88.2 Å². The number of nitrogens with zero attached hydrogens (tertiary/aromatic N) is 3. The van der Waals surface area contributed by atoms with Gasteiger partial charge in [0.15, 0.2) is 0 Å². The second-order valence-corrected chi connectivity index (χ2v) is 15.5. The average molecular weight is 750 g/mol. The van der Waals surface area contributed by atoms with Crippen molar-refractivity contribution >= 4 is 43.5 Å². The fourth-order valence-corrected chi connectivity index (χ4v) is 9.67. The van der Waals surface area contributed by atoms with E-state index in [0.29, 0.717) is 0 Å². The van der Waals surface area contributed by atoms with Crippen LogP contribution >= 0.6 is 0 Å². The quantitative estimate of drug-likeness (QED) is 0.165. The molecule has 1 aliphatic rings. The van der Waals surface area contributed by atoms with Crippen LogP contribution in [0.5, 0.6) is 0 Å². The highest BCUT2D eigenvalue weighted by Crippen LogP contribution is 2.57. The van der Waals surface area contributed by atoms with Gasteiger partial charge in [0.1, 0.15) is 0 Å². The first kappa shape index (κ1) is 33.4. The molecule has 8 aromatic carbocycles. The Bertz CT molecular complexity index is 3390. The van der Waals surface area contributed by atoms with Crippen molar-refractivity contribution in [2.24, 2.45) is 0 Å². The number of benzene rings is 8. The van der Waals surface area contributed by atoms with E-state index in [9.17, 15) is 0 Å². The average Bonchev–Trinajstić information content (AvgIpc) is 3.61. The second kappa shape index (κ2) is 13.2. The first-order valence-corrected chi connectivity index (χ1v) is 20.2. The van der Waals surface area contributed by atoms with Gasteiger partial charge < -0.3 is 0 Å². The van der Waals surface area contributed by atoms with Crippen molar-refractivity contribution in [1.29, 1.82) is 0 Å². The Morgan fingerprint density at radius 3 is 1.85 bits per heavy atom. The highest BCUT2D eigenvalue weighted by atomic mass is 14.8. The zero-order valence-electron chi connectivity index (χ0n) is 32.0. The van der Waals surface area contributed by atoms with Crippen LogP contribution in [-0.4, -0.2) is 15.0 Å². The van der Waals surface area contributed by atoms with E-state index in [-0.39, 0.29) is 0 Å². The molecule has 0 N–H and O–H groups in total. The maximum absolute atomic E-state index is 5.46. The lowest BCUT2D eigenvalue weighted by molar-refractivity contribution is 0.769. The molecule has 11 aromatic rings. The number of fused-ring (bicyclic) bond motifs is 9. The molecule has 59 heavy (non-hydrogen) atoms. The van der Waals surface area contributed by atoms with Crippen LogP contribution in [0.2, 0.25) is 0 Å². The van der Waals surface area contributed by atoms with E-state index in [1.807, 2.05) is 12.3 Å². The smallest absolute Gasteiger partial charge is 0.0972 e. The molecule has 1 aliphatic carbocycles. The van der Waals surface area contributed by atoms with Crippen molar-refractivity contribution in [2.75, 3.05) is 0 Å². The second-order valence-electron chi connectivity index (χ2n) is 15.5. The number of rotatable bonds is 5. The van der Waals surface area contributed by atoms with E-state index in [4.69, 9.17) is 9.97 Å². The first-order chi connectivity index (χ1) is 29.2. The normalized spacial score (nSPS) is 12.9. The van der Waals surface area contributed by atoms with Crippen LogP contribution in [-0.2, 0) is 5.41 Å². The molecule has 0 unspecified atom stereocenters. The molecule has 0 saturated carbocycles. The molecule has 0 fully saturated rings. The summed E-state index contributed by atoms with van der Waals surface area (Å²) in [5.41, 5.74) is 16.3. The molecule has 0 bridgehead atoms. The van der Waals surface area contributed by atoms with Gasteiger partial charge in [0, 0.05) is 38.9 Å². The summed E-state index contributed by atoms with van der Waals surface area (Å²) < 4.78 is 0. The molecule has 3 heterocycles. The van der Waals surface area contributed by atoms with Crippen molar-refractivity contribution in [2.45, 2.75) is 5.41 Å². The van der Waals surface area contributed by atoms with Gasteiger partial charge in [0.05, 0.1) is 33.4 Å². The van der Waals surface area contributed by atoms with Crippen LogP contribution in [0.3, 0.4) is 0 Å². The van der Waals surface area contributed by atoms with Crippen molar-refractivity contribution in [3.8, 4) is 44.8 Å². The van der Waals surface area contributed by atoms with Crippen LogP contribution < -0.4 is 0 Å². The lowest BCUT2D eigenvalue weighted by Crippen LogP contribution is -2.28. The third kappa shape index (κ3) is 5.11. The zero-order chi connectivity index (χ0) is 38.9. The summed E-state index contributed by atoms with van der Waals surface area (Å²) in [4.78, 5) is 15.2. The number of para-hydroxylation sites is 1. The largest absolute Gasteiger partial charge is 0.254 e. The Morgan fingerprint density at radius 2 is 1.03 bits per heavy atom. The number of pyridine rings is 3. The van der Waals surface area contributed by atoms with E-state index >= 15 is 0 Å². The molecule has 0 amide bonds. The number of aromatic nitrogens is 3. The predicted octanol–water partition coefficient (Wildman–Crippen LogP) is 13.8. The minimum atomic E-state index is -0.501. The summed E-state index contributed by atoms with van der Waals surface area (Å²) >= 11 is 0. The first-order valence-electron chi connectivity index (χ1n) is 20.2. The van der Waals surface area contributed by atoms with Gasteiger partial charge in [-0.1, -0.05) is 170 Å². The van der Waals surface area contributed by atoms with Gasteiger partial charge in [-0.25, -0.2) is 9.97 Å². The van der Waals surface area contributed by atoms with E-state index in [0.717, 1.165) is 71.7 Å². The van der Waals surface area contributed by atoms with Gasteiger partial charge in [-0.2, -0.15) is 0 Å². The molecule has 0 aliphatic heterocycles. The highest BCUT2D eigenvalue weighted by Gasteiger charge is 2.46. The van der Waals surface area contributed by atoms with Crippen molar-refractivity contribution in [3.05, 3.63) is 235 Å². The lowest BCUT2D eigenvalue weighted by Gasteiger charge is -2.34. The summed E-state index contributed by atoms with van der Waals surface area (Å²) in [5.74, 6) is 0. The van der Waals surface area contributed by atoms with Gasteiger partial charge in [0.2, 0.25) is 0 Å². The molecular formula is C56H35N3. The monoisotopic (exact) mass is 749 g/mol. The molecule has 12 rings (SSSR count). The third-order valence-corrected chi connectivity index (χ3v) is 12.4. The summed E-state index contributed by atoms with van der Waals surface area (Å²) in [6.45, 7) is 0. The minimum absolute atomic E-state index is 0.501. The Hall–Kier alpha value is -7.75. The molecular weight excluding hydrogens is 715 g/mol. The fourth-order valence-electron chi connectivity index (χ4n) is 9.67. The third-order valence-electron chi connectivity index (χ3n) is 12.4.